The first kappa shape index (κ1) is 18.7. The molecule has 8 heteroatoms. The van der Waals surface area contributed by atoms with Crippen molar-refractivity contribution in [3.8, 4) is 17.3 Å². The van der Waals surface area contributed by atoms with Crippen LogP contribution in [-0.2, 0) is 0 Å². The molecule has 4 aromatic rings. The molecular formula is C23H23N7S. The van der Waals surface area contributed by atoms with E-state index >= 15 is 0 Å². The number of nitrogens with one attached hydrogen (secondary N) is 1. The summed E-state index contributed by atoms with van der Waals surface area (Å²) in [5.41, 5.74) is 4.77. The number of anilines is 1. The molecule has 2 fully saturated rings. The molecule has 6 rings (SSSR count). The maximum absolute atomic E-state index is 9.56. The Morgan fingerprint density at radius 3 is 2.74 bits per heavy atom. The first-order valence-electron chi connectivity index (χ1n) is 10.7. The van der Waals surface area contributed by atoms with Crippen LogP contribution < -0.4 is 5.32 Å². The van der Waals surface area contributed by atoms with Gasteiger partial charge in [0, 0.05) is 36.1 Å². The number of imidazole rings is 1. The zero-order valence-electron chi connectivity index (χ0n) is 17.5. The van der Waals surface area contributed by atoms with E-state index < -0.39 is 0 Å². The average molecular weight is 430 g/mol. The lowest BCUT2D eigenvalue weighted by atomic mass is 9.98. The normalized spacial score (nSPS) is 23.5. The molecule has 156 valence electrons. The van der Waals surface area contributed by atoms with Crippen molar-refractivity contribution >= 4 is 32.3 Å². The summed E-state index contributed by atoms with van der Waals surface area (Å²) in [4.78, 5) is 16.4. The van der Waals surface area contributed by atoms with Crippen molar-refractivity contribution in [2.24, 2.45) is 0 Å². The number of fused-ring (bicyclic) bond motifs is 4. The average Bonchev–Trinajstić information content (AvgIpc) is 3.38. The Kier molecular flexibility index (Phi) is 4.23. The van der Waals surface area contributed by atoms with Gasteiger partial charge in [-0.3, -0.25) is 4.98 Å². The highest BCUT2D eigenvalue weighted by molar-refractivity contribution is 7.22. The third kappa shape index (κ3) is 3.16. The van der Waals surface area contributed by atoms with Gasteiger partial charge in [-0.2, -0.15) is 5.26 Å². The van der Waals surface area contributed by atoms with Gasteiger partial charge in [0.1, 0.15) is 11.6 Å². The molecule has 0 spiro atoms. The smallest absolute Gasteiger partial charge is 0.184 e. The largest absolute Gasteiger partial charge is 0.359 e. The van der Waals surface area contributed by atoms with Gasteiger partial charge in [-0.25, -0.2) is 9.97 Å². The van der Waals surface area contributed by atoms with E-state index in [9.17, 15) is 5.26 Å². The van der Waals surface area contributed by atoms with Crippen LogP contribution in [0.25, 0.3) is 27.1 Å². The molecule has 0 aliphatic carbocycles. The second kappa shape index (κ2) is 7.01. The fourth-order valence-corrected chi connectivity index (χ4v) is 6.15. The maximum atomic E-state index is 9.56. The van der Waals surface area contributed by atoms with Gasteiger partial charge in [0.15, 0.2) is 10.8 Å². The fourth-order valence-electron chi connectivity index (χ4n) is 5.20. The van der Waals surface area contributed by atoms with Crippen LogP contribution in [0.1, 0.15) is 36.9 Å². The van der Waals surface area contributed by atoms with Crippen LogP contribution in [0.3, 0.4) is 0 Å². The summed E-state index contributed by atoms with van der Waals surface area (Å²) in [7, 11) is 2.27. The van der Waals surface area contributed by atoms with E-state index in [2.05, 4.69) is 39.4 Å². The number of hydrogen-bond donors (Lipinski definition) is 1. The first-order valence-corrected chi connectivity index (χ1v) is 11.5. The van der Waals surface area contributed by atoms with E-state index in [0.29, 0.717) is 29.3 Å². The number of pyridine rings is 2. The van der Waals surface area contributed by atoms with Gasteiger partial charge in [-0.05, 0) is 51.8 Å². The van der Waals surface area contributed by atoms with Crippen molar-refractivity contribution in [2.75, 3.05) is 12.4 Å². The zero-order valence-corrected chi connectivity index (χ0v) is 18.4. The Labute approximate surface area is 184 Å². The van der Waals surface area contributed by atoms with Crippen LogP contribution in [0.2, 0.25) is 0 Å². The lowest BCUT2D eigenvalue weighted by Crippen LogP contribution is -2.44. The Bertz CT molecular complexity index is 1330. The summed E-state index contributed by atoms with van der Waals surface area (Å²) in [6, 6.07) is 8.10. The third-order valence-corrected chi connectivity index (χ3v) is 7.74. The lowest BCUT2D eigenvalue weighted by Gasteiger charge is -2.36. The van der Waals surface area contributed by atoms with Gasteiger partial charge in [-0.15, -0.1) is 0 Å². The van der Waals surface area contributed by atoms with Crippen molar-refractivity contribution < 1.29 is 0 Å². The van der Waals surface area contributed by atoms with Gasteiger partial charge in [0.25, 0.3) is 0 Å². The van der Waals surface area contributed by atoms with Crippen LogP contribution in [0, 0.1) is 18.3 Å². The van der Waals surface area contributed by atoms with Crippen molar-refractivity contribution in [2.45, 2.75) is 50.7 Å². The minimum Gasteiger partial charge on any atom is -0.359 e. The van der Waals surface area contributed by atoms with Gasteiger partial charge in [0.2, 0.25) is 0 Å². The maximum Gasteiger partial charge on any atom is 0.184 e. The minimum absolute atomic E-state index is 0.492. The number of rotatable bonds is 3. The summed E-state index contributed by atoms with van der Waals surface area (Å²) in [6.45, 7) is 1.93. The van der Waals surface area contributed by atoms with Gasteiger partial charge in [-0.1, -0.05) is 11.3 Å². The predicted molar refractivity (Wildman–Crippen MR) is 122 cm³/mol. The fraction of sp³-hybridized carbons (Fsp3) is 0.391. The minimum atomic E-state index is 0.492. The highest BCUT2D eigenvalue weighted by Gasteiger charge is 2.38. The quantitative estimate of drug-likeness (QED) is 0.525. The van der Waals surface area contributed by atoms with E-state index in [0.717, 1.165) is 32.3 Å². The molecule has 2 saturated heterocycles. The molecule has 2 unspecified atom stereocenters. The first-order chi connectivity index (χ1) is 15.1. The molecule has 2 atom stereocenters. The Balaban J connectivity index is 1.30. The second-order valence-corrected chi connectivity index (χ2v) is 9.82. The molecule has 2 bridgehead atoms. The number of nitriles is 1. The van der Waals surface area contributed by atoms with Crippen LogP contribution in [0.5, 0.6) is 0 Å². The summed E-state index contributed by atoms with van der Waals surface area (Å²) >= 11 is 1.68. The van der Waals surface area contributed by atoms with Crippen molar-refractivity contribution in [1.82, 2.24) is 24.3 Å². The summed E-state index contributed by atoms with van der Waals surface area (Å²) in [5, 5.41) is 14.2. The lowest BCUT2D eigenvalue weighted by molar-refractivity contribution is 0.169. The van der Waals surface area contributed by atoms with Crippen LogP contribution >= 0.6 is 11.3 Å². The number of nitrogens with zero attached hydrogens (tertiary/aromatic N) is 6. The highest BCUT2D eigenvalue weighted by Crippen LogP contribution is 2.37. The molecule has 1 N–H and O–H groups in total. The Hall–Kier alpha value is -3.02. The molecule has 31 heavy (non-hydrogen) atoms. The molecule has 2 aliphatic heterocycles. The molecule has 4 aromatic heterocycles. The summed E-state index contributed by atoms with van der Waals surface area (Å²) in [6.07, 6.45) is 10.8. The van der Waals surface area contributed by atoms with Crippen LogP contribution in [0.4, 0.5) is 5.13 Å². The van der Waals surface area contributed by atoms with Crippen LogP contribution in [-0.4, -0.2) is 49.4 Å². The molecule has 6 heterocycles. The molecule has 0 amide bonds. The van der Waals surface area contributed by atoms with E-state index in [1.165, 1.54) is 25.7 Å². The number of aryl methyl sites for hydroxylation is 1. The van der Waals surface area contributed by atoms with Gasteiger partial charge < -0.3 is 14.6 Å². The highest BCUT2D eigenvalue weighted by atomic mass is 32.1. The molecule has 2 aliphatic rings. The number of thiazole rings is 1. The van der Waals surface area contributed by atoms with Gasteiger partial charge in [0.05, 0.1) is 27.8 Å². The molecular weight excluding hydrogens is 406 g/mol. The van der Waals surface area contributed by atoms with E-state index in [-0.39, 0.29) is 0 Å². The van der Waals surface area contributed by atoms with E-state index in [4.69, 9.17) is 4.98 Å². The topological polar surface area (TPSA) is 82.1 Å². The Morgan fingerprint density at radius 1 is 1.16 bits per heavy atom. The molecule has 0 aromatic carbocycles. The summed E-state index contributed by atoms with van der Waals surface area (Å²) in [5.74, 6) is 0. The van der Waals surface area contributed by atoms with Crippen molar-refractivity contribution in [1.29, 1.82) is 5.26 Å². The van der Waals surface area contributed by atoms with E-state index in [1.807, 2.05) is 36.0 Å². The van der Waals surface area contributed by atoms with E-state index in [1.54, 1.807) is 11.3 Å². The van der Waals surface area contributed by atoms with Gasteiger partial charge >= 0.3 is 0 Å². The molecule has 7 nitrogen and oxygen atoms in total. The monoisotopic (exact) mass is 429 g/mol. The molecule has 0 radical (unpaired) electrons. The predicted octanol–water partition coefficient (Wildman–Crippen LogP) is 4.22. The summed E-state index contributed by atoms with van der Waals surface area (Å²) < 4.78 is 3.01. The standard InChI is InChI=1S/C23H23N7S/c1-13-11-30-12-15(5-14(9-24)22(30)26-13)19-8-21-20(10-25-19)28-23(31-21)27-16-6-17-3-4-18(7-16)29(17)2/h5,8,10-12,16-18H,3-4,6-7H2,1-2H3,(H,27,28). The number of aromatic nitrogens is 4. The van der Waals surface area contributed by atoms with Crippen LogP contribution in [0.15, 0.2) is 30.7 Å². The van der Waals surface area contributed by atoms with Crippen molar-refractivity contribution in [3.05, 3.63) is 42.0 Å². The number of piperidine rings is 1. The third-order valence-electron chi connectivity index (χ3n) is 6.79. The number of hydrogen-bond acceptors (Lipinski definition) is 7. The molecule has 0 saturated carbocycles. The SMILES string of the molecule is Cc1cn2cc(-c3cc4sc(NC5CC6CCC(C5)N6C)nc4cn3)cc(C#N)c2n1. The van der Waals surface area contributed by atoms with Crippen molar-refractivity contribution in [3.63, 3.8) is 0 Å². The zero-order chi connectivity index (χ0) is 21.1. The second-order valence-electron chi connectivity index (χ2n) is 8.79. The Morgan fingerprint density at radius 2 is 1.97 bits per heavy atom.